The van der Waals surface area contributed by atoms with Crippen LogP contribution in [0.25, 0.3) is 10.9 Å². The summed E-state index contributed by atoms with van der Waals surface area (Å²) in [7, 11) is 1.58. The molecule has 3 aromatic rings. The number of para-hydroxylation sites is 1. The Labute approximate surface area is 161 Å². The quantitative estimate of drug-likeness (QED) is 0.541. The zero-order valence-electron chi connectivity index (χ0n) is 15.6. The fourth-order valence-electron chi connectivity index (χ4n) is 3.08. The van der Waals surface area contributed by atoms with Crippen LogP contribution in [0.15, 0.2) is 46.3 Å². The van der Waals surface area contributed by atoms with Gasteiger partial charge in [0.05, 0.1) is 24.2 Å². The van der Waals surface area contributed by atoms with E-state index >= 15 is 0 Å². The molecule has 4 rings (SSSR count). The van der Waals surface area contributed by atoms with Crippen molar-refractivity contribution < 1.29 is 14.2 Å². The number of hydrazone groups is 1. The van der Waals surface area contributed by atoms with Crippen molar-refractivity contribution in [3.05, 3.63) is 52.3 Å². The van der Waals surface area contributed by atoms with E-state index in [0.29, 0.717) is 53.9 Å². The lowest BCUT2D eigenvalue weighted by molar-refractivity contribution is 0.165. The fourth-order valence-corrected chi connectivity index (χ4v) is 3.08. The Kier molecular flexibility index (Phi) is 4.84. The molecule has 2 aromatic carbocycles. The van der Waals surface area contributed by atoms with E-state index in [-0.39, 0.29) is 5.56 Å². The van der Waals surface area contributed by atoms with E-state index < -0.39 is 0 Å². The van der Waals surface area contributed by atoms with Gasteiger partial charge in [-0.3, -0.25) is 9.36 Å². The lowest BCUT2D eigenvalue weighted by Gasteiger charge is -2.20. The molecule has 0 bridgehead atoms. The number of hydrogen-bond acceptors (Lipinski definition) is 7. The van der Waals surface area contributed by atoms with E-state index in [0.717, 1.165) is 5.56 Å². The molecule has 0 atom stereocenters. The molecule has 0 saturated heterocycles. The molecule has 8 nitrogen and oxygen atoms in total. The maximum atomic E-state index is 12.6. The second-order valence-electron chi connectivity index (χ2n) is 6.12. The van der Waals surface area contributed by atoms with Crippen molar-refractivity contribution in [2.24, 2.45) is 5.10 Å². The van der Waals surface area contributed by atoms with Crippen LogP contribution in [0.5, 0.6) is 17.2 Å². The molecule has 0 spiro atoms. The monoisotopic (exact) mass is 380 g/mol. The van der Waals surface area contributed by atoms with Gasteiger partial charge >= 0.3 is 0 Å². The van der Waals surface area contributed by atoms with Crippen LogP contribution in [0.4, 0.5) is 5.95 Å². The zero-order valence-corrected chi connectivity index (χ0v) is 15.6. The Morgan fingerprint density at radius 1 is 1.29 bits per heavy atom. The van der Waals surface area contributed by atoms with Crippen molar-refractivity contribution >= 4 is 23.1 Å². The number of methoxy groups -OCH3 is 1. The third-order valence-electron chi connectivity index (χ3n) is 4.41. The van der Waals surface area contributed by atoms with Gasteiger partial charge in [0, 0.05) is 12.1 Å². The normalized spacial score (nSPS) is 13.1. The van der Waals surface area contributed by atoms with E-state index in [1.54, 1.807) is 36.1 Å². The molecule has 1 N–H and O–H groups in total. The van der Waals surface area contributed by atoms with Gasteiger partial charge in [-0.2, -0.15) is 5.10 Å². The Balaban J connectivity index is 1.64. The molecular weight excluding hydrogens is 360 g/mol. The van der Waals surface area contributed by atoms with Crippen LogP contribution in [0.1, 0.15) is 12.5 Å². The number of ether oxygens (including phenoxy) is 3. The van der Waals surface area contributed by atoms with Crippen molar-refractivity contribution in [3.8, 4) is 17.2 Å². The van der Waals surface area contributed by atoms with Crippen LogP contribution < -0.4 is 25.2 Å². The number of nitrogens with one attached hydrogen (secondary N) is 1. The molecule has 1 aliphatic rings. The Hall–Kier alpha value is -3.55. The molecule has 1 aromatic heterocycles. The van der Waals surface area contributed by atoms with Crippen molar-refractivity contribution in [1.29, 1.82) is 0 Å². The van der Waals surface area contributed by atoms with Crippen molar-refractivity contribution in [1.82, 2.24) is 9.55 Å². The first kappa shape index (κ1) is 17.8. The fraction of sp³-hybridized carbons (Fsp3) is 0.250. The summed E-state index contributed by atoms with van der Waals surface area (Å²) in [6, 6.07) is 10.9. The third-order valence-corrected chi connectivity index (χ3v) is 4.41. The molecule has 0 amide bonds. The lowest BCUT2D eigenvalue weighted by Crippen LogP contribution is -2.23. The molecule has 0 saturated carbocycles. The van der Waals surface area contributed by atoms with Crippen LogP contribution in [0.2, 0.25) is 0 Å². The maximum Gasteiger partial charge on any atom is 0.262 e. The van der Waals surface area contributed by atoms with Gasteiger partial charge in [0.25, 0.3) is 5.56 Å². The van der Waals surface area contributed by atoms with Gasteiger partial charge in [0.2, 0.25) is 11.7 Å². The largest absolute Gasteiger partial charge is 0.493 e. The van der Waals surface area contributed by atoms with E-state index in [1.165, 1.54) is 0 Å². The summed E-state index contributed by atoms with van der Waals surface area (Å²) in [5, 5.41) is 4.82. The molecule has 28 heavy (non-hydrogen) atoms. The first-order valence-electron chi connectivity index (χ1n) is 8.97. The van der Waals surface area contributed by atoms with Gasteiger partial charge in [0.15, 0.2) is 11.5 Å². The molecule has 2 heterocycles. The number of benzene rings is 2. The highest BCUT2D eigenvalue weighted by molar-refractivity contribution is 5.83. The van der Waals surface area contributed by atoms with Gasteiger partial charge in [-0.1, -0.05) is 12.1 Å². The lowest BCUT2D eigenvalue weighted by atomic mass is 10.2. The highest BCUT2D eigenvalue weighted by Gasteiger charge is 2.18. The number of fused-ring (bicyclic) bond motifs is 2. The van der Waals surface area contributed by atoms with Crippen LogP contribution >= 0.6 is 0 Å². The van der Waals surface area contributed by atoms with E-state index in [1.807, 2.05) is 25.1 Å². The summed E-state index contributed by atoms with van der Waals surface area (Å²) in [5.41, 5.74) is 4.15. The van der Waals surface area contributed by atoms with E-state index in [4.69, 9.17) is 14.2 Å². The molecule has 0 fully saturated rings. The van der Waals surface area contributed by atoms with Gasteiger partial charge in [-0.15, -0.1) is 0 Å². The molecule has 8 heteroatoms. The summed E-state index contributed by atoms with van der Waals surface area (Å²) in [6.07, 6.45) is 1.61. The van der Waals surface area contributed by atoms with E-state index in [9.17, 15) is 4.79 Å². The number of hydrogen-bond donors (Lipinski definition) is 1. The van der Waals surface area contributed by atoms with Gasteiger partial charge in [-0.05, 0) is 31.2 Å². The topological polar surface area (TPSA) is 87.0 Å². The summed E-state index contributed by atoms with van der Waals surface area (Å²) >= 11 is 0. The molecule has 1 aliphatic heterocycles. The minimum atomic E-state index is -0.105. The van der Waals surface area contributed by atoms with Crippen LogP contribution in [0.3, 0.4) is 0 Å². The third kappa shape index (κ3) is 3.24. The minimum Gasteiger partial charge on any atom is -0.493 e. The first-order chi connectivity index (χ1) is 13.7. The first-order valence-corrected chi connectivity index (χ1v) is 8.97. The predicted molar refractivity (Wildman–Crippen MR) is 107 cm³/mol. The van der Waals surface area contributed by atoms with E-state index in [2.05, 4.69) is 15.5 Å². The van der Waals surface area contributed by atoms with Crippen molar-refractivity contribution in [2.45, 2.75) is 13.5 Å². The molecule has 0 radical (unpaired) electrons. The van der Waals surface area contributed by atoms with Gasteiger partial charge in [-0.25, -0.2) is 10.4 Å². The number of anilines is 1. The minimum absolute atomic E-state index is 0.105. The maximum absolute atomic E-state index is 12.6. The average molecular weight is 380 g/mol. The van der Waals surface area contributed by atoms with Crippen LogP contribution in [0, 0.1) is 0 Å². The zero-order chi connectivity index (χ0) is 19.5. The van der Waals surface area contributed by atoms with Crippen LogP contribution in [-0.2, 0) is 6.54 Å². The summed E-state index contributed by atoms with van der Waals surface area (Å²) in [4.78, 5) is 17.2. The molecule has 144 valence electrons. The number of aromatic nitrogens is 2. The second kappa shape index (κ2) is 7.59. The predicted octanol–water partition coefficient (Wildman–Crippen LogP) is 2.64. The molecular formula is C20H20N4O4. The molecule has 0 aliphatic carbocycles. The smallest absolute Gasteiger partial charge is 0.262 e. The Morgan fingerprint density at radius 2 is 2.11 bits per heavy atom. The van der Waals surface area contributed by atoms with Crippen molar-refractivity contribution in [2.75, 3.05) is 25.7 Å². The Bertz CT molecular complexity index is 1090. The standard InChI is InChI=1S/C20H20N4O4/c1-3-24-19(25)14-6-4-5-7-15(14)22-20(24)23-21-12-13-10-16(26-2)18-17(11-13)27-8-9-28-18/h4-7,10-12H,3,8-9H2,1-2H3,(H,22,23)/b21-12-. The Morgan fingerprint density at radius 3 is 2.93 bits per heavy atom. The van der Waals surface area contributed by atoms with Crippen LogP contribution in [-0.4, -0.2) is 36.1 Å². The number of rotatable bonds is 5. The molecule has 0 unspecified atom stereocenters. The SMILES string of the molecule is CCn1c(N/N=C\c2cc(OC)c3c(c2)OCCO3)nc2ccccc2c1=O. The van der Waals surface area contributed by atoms with Crippen molar-refractivity contribution in [3.63, 3.8) is 0 Å². The highest BCUT2D eigenvalue weighted by Crippen LogP contribution is 2.39. The highest BCUT2D eigenvalue weighted by atomic mass is 16.6. The number of nitrogens with zero attached hydrogens (tertiary/aromatic N) is 3. The summed E-state index contributed by atoms with van der Waals surface area (Å²) in [6.45, 7) is 3.34. The van der Waals surface area contributed by atoms with Gasteiger partial charge < -0.3 is 14.2 Å². The summed E-state index contributed by atoms with van der Waals surface area (Å²) < 4.78 is 18.1. The van der Waals surface area contributed by atoms with Gasteiger partial charge in [0.1, 0.15) is 13.2 Å². The average Bonchev–Trinajstić information content (AvgIpc) is 2.73. The second-order valence-corrected chi connectivity index (χ2v) is 6.12. The summed E-state index contributed by atoms with van der Waals surface area (Å²) in [5.74, 6) is 2.16.